The third-order valence-corrected chi connectivity index (χ3v) is 4.67. The maximum Gasteiger partial charge on any atom is 0.317 e. The van der Waals surface area contributed by atoms with Crippen molar-refractivity contribution in [2.45, 2.75) is 39.3 Å². The molecule has 0 aliphatic carbocycles. The van der Waals surface area contributed by atoms with Crippen LogP contribution in [0.5, 0.6) is 0 Å². The smallest absolute Gasteiger partial charge is 0.317 e. The number of rotatable bonds is 12. The van der Waals surface area contributed by atoms with Gasteiger partial charge in [-0.15, -0.1) is 0 Å². The fraction of sp³-hybridized carbons (Fsp3) is 0.231. The monoisotopic (exact) mass is 492 g/mol. The second kappa shape index (κ2) is 14.0. The molecule has 36 heavy (non-hydrogen) atoms. The number of nitrogens with zero attached hydrogens (tertiary/aromatic N) is 2. The first-order valence-corrected chi connectivity index (χ1v) is 11.0. The second-order valence-corrected chi connectivity index (χ2v) is 7.53. The summed E-state index contributed by atoms with van der Waals surface area (Å²) >= 11 is 0. The van der Waals surface area contributed by atoms with Gasteiger partial charge in [0.1, 0.15) is 39.3 Å². The molecule has 0 saturated heterocycles. The molecule has 0 bridgehead atoms. The van der Waals surface area contributed by atoms with Crippen molar-refractivity contribution in [3.8, 4) is 0 Å². The van der Waals surface area contributed by atoms with Gasteiger partial charge in [-0.2, -0.15) is 0 Å². The average molecular weight is 492 g/mol. The molecule has 1 aromatic carbocycles. The largest absolute Gasteiger partial charge is 0.460 e. The Labute approximate surface area is 207 Å². The summed E-state index contributed by atoms with van der Waals surface area (Å²) in [5.41, 5.74) is 2.79. The summed E-state index contributed by atoms with van der Waals surface area (Å²) in [7, 11) is 0. The molecular formula is C26H24N2O8. The van der Waals surface area contributed by atoms with Crippen LogP contribution in [0.25, 0.3) is 0 Å². The number of aromatic nitrogens is 2. The van der Waals surface area contributed by atoms with Gasteiger partial charge in [0.2, 0.25) is 0 Å². The molecule has 0 spiro atoms. The normalized spacial score (nSPS) is 10.2. The molecule has 0 N–H and O–H groups in total. The number of hydrogen-bond donors (Lipinski definition) is 0. The van der Waals surface area contributed by atoms with E-state index in [0.717, 1.165) is 11.1 Å². The van der Waals surface area contributed by atoms with Crippen molar-refractivity contribution in [1.29, 1.82) is 0 Å². The van der Waals surface area contributed by atoms with Crippen LogP contribution >= 0.6 is 0 Å². The predicted octanol–water partition coefficient (Wildman–Crippen LogP) is 2.83. The van der Waals surface area contributed by atoms with E-state index in [0.29, 0.717) is 11.1 Å². The summed E-state index contributed by atoms with van der Waals surface area (Å²) in [5, 5.41) is 0. The Morgan fingerprint density at radius 3 is 1.19 bits per heavy atom. The van der Waals surface area contributed by atoms with Gasteiger partial charge in [0.05, 0.1) is 0 Å². The highest BCUT2D eigenvalue weighted by atomic mass is 16.6. The van der Waals surface area contributed by atoms with Crippen LogP contribution in [0.15, 0.2) is 73.3 Å². The van der Waals surface area contributed by atoms with E-state index in [2.05, 4.69) is 9.97 Å². The lowest BCUT2D eigenvalue weighted by atomic mass is 10.1. The predicted molar refractivity (Wildman–Crippen MR) is 123 cm³/mol. The van der Waals surface area contributed by atoms with Gasteiger partial charge in [0.15, 0.2) is 0 Å². The SMILES string of the molecule is O=C(CC(=O)OCc1cccc(COC(=O)CC(=O)OCc2ccncc2)c1)OCc1ccncc1. The summed E-state index contributed by atoms with van der Waals surface area (Å²) < 4.78 is 20.3. The molecule has 0 radical (unpaired) electrons. The number of hydrogen-bond acceptors (Lipinski definition) is 10. The van der Waals surface area contributed by atoms with Gasteiger partial charge in [-0.1, -0.05) is 18.2 Å². The number of carbonyl (C=O) groups excluding carboxylic acids is 4. The van der Waals surface area contributed by atoms with E-state index in [1.807, 2.05) is 0 Å². The Balaban J connectivity index is 1.34. The van der Waals surface area contributed by atoms with E-state index in [9.17, 15) is 19.2 Å². The fourth-order valence-corrected chi connectivity index (χ4v) is 2.86. The van der Waals surface area contributed by atoms with E-state index in [1.165, 1.54) is 0 Å². The van der Waals surface area contributed by atoms with Crippen LogP contribution in [0.3, 0.4) is 0 Å². The lowest BCUT2D eigenvalue weighted by molar-refractivity contribution is -0.157. The van der Waals surface area contributed by atoms with Crippen molar-refractivity contribution in [3.05, 3.63) is 95.6 Å². The van der Waals surface area contributed by atoms with Crippen molar-refractivity contribution < 1.29 is 38.1 Å². The molecule has 0 aliphatic rings. The maximum atomic E-state index is 11.9. The molecule has 10 heteroatoms. The lowest BCUT2D eigenvalue weighted by Gasteiger charge is -2.09. The maximum absolute atomic E-state index is 11.9. The third-order valence-electron chi connectivity index (χ3n) is 4.67. The Hall–Kier alpha value is -4.60. The Kier molecular flexibility index (Phi) is 10.1. The minimum Gasteiger partial charge on any atom is -0.460 e. The molecule has 2 aromatic heterocycles. The molecular weight excluding hydrogens is 468 g/mol. The molecule has 0 fully saturated rings. The van der Waals surface area contributed by atoms with E-state index in [-0.39, 0.29) is 26.4 Å². The molecule has 0 amide bonds. The van der Waals surface area contributed by atoms with Gasteiger partial charge in [0.25, 0.3) is 0 Å². The second-order valence-electron chi connectivity index (χ2n) is 7.53. The first kappa shape index (κ1) is 26.0. The van der Waals surface area contributed by atoms with Crippen LogP contribution in [-0.2, 0) is 64.6 Å². The van der Waals surface area contributed by atoms with E-state index in [4.69, 9.17) is 18.9 Å². The summed E-state index contributed by atoms with van der Waals surface area (Å²) in [6.07, 6.45) is 5.27. The standard InChI is InChI=1S/C26H24N2O8/c29-23(33-15-19-4-8-27-9-5-19)13-25(31)35-17-21-2-1-3-22(12-21)18-36-26(32)14-24(30)34-16-20-6-10-28-11-7-20/h1-12H,13-18H2. The first-order chi connectivity index (χ1) is 17.5. The van der Waals surface area contributed by atoms with Gasteiger partial charge >= 0.3 is 23.9 Å². The molecule has 2 heterocycles. The van der Waals surface area contributed by atoms with Gasteiger partial charge in [0, 0.05) is 24.8 Å². The first-order valence-electron chi connectivity index (χ1n) is 11.0. The summed E-state index contributed by atoms with van der Waals surface area (Å²) in [6.45, 7) is -0.0606. The molecule has 0 unspecified atom stereocenters. The van der Waals surface area contributed by atoms with Crippen molar-refractivity contribution >= 4 is 23.9 Å². The summed E-state index contributed by atoms with van der Waals surface area (Å²) in [5.74, 6) is -2.85. The molecule has 0 aliphatic heterocycles. The highest BCUT2D eigenvalue weighted by Gasteiger charge is 2.14. The van der Waals surface area contributed by atoms with Gasteiger partial charge < -0.3 is 18.9 Å². The van der Waals surface area contributed by atoms with Crippen molar-refractivity contribution in [3.63, 3.8) is 0 Å². The number of benzene rings is 1. The summed E-state index contributed by atoms with van der Waals surface area (Å²) in [6, 6.07) is 13.6. The highest BCUT2D eigenvalue weighted by molar-refractivity contribution is 5.91. The topological polar surface area (TPSA) is 131 Å². The molecule has 3 rings (SSSR count). The number of pyridine rings is 2. The lowest BCUT2D eigenvalue weighted by Crippen LogP contribution is -2.14. The van der Waals surface area contributed by atoms with Crippen LogP contribution < -0.4 is 0 Å². The number of carbonyl (C=O) groups is 4. The molecule has 0 atom stereocenters. The zero-order valence-corrected chi connectivity index (χ0v) is 19.3. The molecule has 10 nitrogen and oxygen atoms in total. The van der Waals surface area contributed by atoms with E-state index < -0.39 is 36.7 Å². The zero-order chi connectivity index (χ0) is 25.6. The Morgan fingerprint density at radius 1 is 0.500 bits per heavy atom. The van der Waals surface area contributed by atoms with Gasteiger partial charge in [-0.3, -0.25) is 29.1 Å². The minimum absolute atomic E-state index is 0.0395. The van der Waals surface area contributed by atoms with Crippen LogP contribution in [-0.4, -0.2) is 33.8 Å². The number of esters is 4. The van der Waals surface area contributed by atoms with Crippen molar-refractivity contribution in [2.75, 3.05) is 0 Å². The van der Waals surface area contributed by atoms with Crippen molar-refractivity contribution in [1.82, 2.24) is 9.97 Å². The molecule has 0 saturated carbocycles. The average Bonchev–Trinajstić information content (AvgIpc) is 2.90. The number of ether oxygens (including phenoxy) is 4. The Morgan fingerprint density at radius 2 is 0.833 bits per heavy atom. The molecule has 186 valence electrons. The fourth-order valence-electron chi connectivity index (χ4n) is 2.86. The Bertz CT molecular complexity index is 1080. The van der Waals surface area contributed by atoms with Crippen LogP contribution in [0.2, 0.25) is 0 Å². The third kappa shape index (κ3) is 9.72. The summed E-state index contributed by atoms with van der Waals surface area (Å²) in [4.78, 5) is 55.2. The zero-order valence-electron chi connectivity index (χ0n) is 19.3. The van der Waals surface area contributed by atoms with Crippen LogP contribution in [0, 0.1) is 0 Å². The van der Waals surface area contributed by atoms with Gasteiger partial charge in [-0.05, 0) is 52.6 Å². The highest BCUT2D eigenvalue weighted by Crippen LogP contribution is 2.10. The van der Waals surface area contributed by atoms with Crippen molar-refractivity contribution in [2.24, 2.45) is 0 Å². The minimum atomic E-state index is -0.725. The van der Waals surface area contributed by atoms with E-state index >= 15 is 0 Å². The molecule has 3 aromatic rings. The van der Waals surface area contributed by atoms with Gasteiger partial charge in [-0.25, -0.2) is 0 Å². The van der Waals surface area contributed by atoms with Crippen LogP contribution in [0.4, 0.5) is 0 Å². The quantitative estimate of drug-likeness (QED) is 0.211. The van der Waals surface area contributed by atoms with Crippen LogP contribution in [0.1, 0.15) is 35.1 Å². The van der Waals surface area contributed by atoms with E-state index in [1.54, 1.807) is 73.3 Å².